The van der Waals surface area contributed by atoms with Crippen molar-refractivity contribution in [3.05, 3.63) is 23.8 Å². The maximum absolute atomic E-state index is 11.4. The third-order valence-electron chi connectivity index (χ3n) is 2.79. The lowest BCUT2D eigenvalue weighted by molar-refractivity contribution is 0.316. The van der Waals surface area contributed by atoms with Crippen LogP contribution in [-0.2, 0) is 9.84 Å². The summed E-state index contributed by atoms with van der Waals surface area (Å²) in [5.41, 5.74) is 0.599. The van der Waals surface area contributed by atoms with Crippen molar-refractivity contribution in [2.75, 3.05) is 31.8 Å². The molecule has 6 heteroatoms. The first-order valence-electron chi connectivity index (χ1n) is 6.63. The van der Waals surface area contributed by atoms with Crippen LogP contribution in [0.25, 0.3) is 0 Å². The fourth-order valence-corrected chi connectivity index (χ4v) is 2.45. The zero-order valence-corrected chi connectivity index (χ0v) is 13.1. The van der Waals surface area contributed by atoms with Gasteiger partial charge in [0.05, 0.1) is 25.0 Å². The third kappa shape index (κ3) is 6.06. The minimum absolute atomic E-state index is 0.108. The summed E-state index contributed by atoms with van der Waals surface area (Å²) >= 11 is 0. The van der Waals surface area contributed by atoms with E-state index in [1.165, 1.54) is 0 Å². The molecule has 0 aliphatic heterocycles. The summed E-state index contributed by atoms with van der Waals surface area (Å²) in [5.74, 6) is 6.77. The minimum Gasteiger partial charge on any atom is -0.497 e. The van der Waals surface area contributed by atoms with Crippen LogP contribution in [-0.4, -0.2) is 45.4 Å². The molecule has 1 aromatic rings. The molecular formula is C15H20O5S. The Labute approximate surface area is 125 Å². The van der Waals surface area contributed by atoms with E-state index < -0.39 is 9.84 Å². The number of methoxy groups -OCH3 is 1. The molecule has 0 saturated heterocycles. The Bertz CT molecular complexity index is 611. The molecule has 0 atom stereocenters. The lowest BCUT2D eigenvalue weighted by Gasteiger charge is -2.09. The first-order chi connectivity index (χ1) is 10.0. The number of benzene rings is 1. The Balaban J connectivity index is 2.70. The fourth-order valence-electron chi connectivity index (χ4n) is 1.60. The van der Waals surface area contributed by atoms with Crippen molar-refractivity contribution in [3.63, 3.8) is 0 Å². The summed E-state index contributed by atoms with van der Waals surface area (Å²) in [5, 5.41) is 8.76. The summed E-state index contributed by atoms with van der Waals surface area (Å²) in [6.07, 6.45) is 0.426. The number of hydrogen-bond donors (Lipinski definition) is 1. The highest BCUT2D eigenvalue weighted by Crippen LogP contribution is 2.23. The van der Waals surface area contributed by atoms with E-state index in [1.807, 2.05) is 0 Å². The number of ether oxygens (including phenoxy) is 2. The predicted molar refractivity (Wildman–Crippen MR) is 81.4 cm³/mol. The standard InChI is InChI=1S/C15H20O5S/c1-3-21(17,18)11-5-10-20-15-8-7-14(19-2)12-13(15)6-4-9-16/h7-8,12,16H,3,5,9-11H2,1-2H3. The van der Waals surface area contributed by atoms with E-state index >= 15 is 0 Å². The molecule has 0 saturated carbocycles. The SMILES string of the molecule is CCS(=O)(=O)CCCOc1ccc(OC)cc1C#CCO. The molecule has 5 nitrogen and oxygen atoms in total. The Hall–Kier alpha value is -1.71. The zero-order chi connectivity index (χ0) is 15.7. The monoisotopic (exact) mass is 312 g/mol. The molecule has 116 valence electrons. The van der Waals surface area contributed by atoms with Gasteiger partial charge in [0.2, 0.25) is 0 Å². The highest BCUT2D eigenvalue weighted by atomic mass is 32.2. The molecule has 21 heavy (non-hydrogen) atoms. The molecule has 0 fully saturated rings. The second-order valence-corrected chi connectivity index (χ2v) is 6.73. The van der Waals surface area contributed by atoms with E-state index in [0.29, 0.717) is 30.1 Å². The number of rotatable bonds is 7. The lowest BCUT2D eigenvalue weighted by atomic mass is 10.2. The number of aliphatic hydroxyl groups is 1. The fraction of sp³-hybridized carbons (Fsp3) is 0.467. The Kier molecular flexibility index (Phi) is 7.06. The van der Waals surface area contributed by atoms with Crippen LogP contribution in [0.3, 0.4) is 0 Å². The van der Waals surface area contributed by atoms with Crippen molar-refractivity contribution in [2.24, 2.45) is 0 Å². The van der Waals surface area contributed by atoms with Crippen molar-refractivity contribution >= 4 is 9.84 Å². The topological polar surface area (TPSA) is 72.8 Å². The third-order valence-corrected chi connectivity index (χ3v) is 4.58. The van der Waals surface area contributed by atoms with Gasteiger partial charge >= 0.3 is 0 Å². The van der Waals surface area contributed by atoms with Gasteiger partial charge in [-0.05, 0) is 24.6 Å². The van der Waals surface area contributed by atoms with Gasteiger partial charge in [-0.3, -0.25) is 0 Å². The zero-order valence-electron chi connectivity index (χ0n) is 12.3. The van der Waals surface area contributed by atoms with Crippen molar-refractivity contribution in [3.8, 4) is 23.3 Å². The van der Waals surface area contributed by atoms with Crippen LogP contribution in [0.5, 0.6) is 11.5 Å². The van der Waals surface area contributed by atoms with Crippen molar-refractivity contribution in [2.45, 2.75) is 13.3 Å². The summed E-state index contributed by atoms with van der Waals surface area (Å²) in [6, 6.07) is 5.16. The number of hydrogen-bond acceptors (Lipinski definition) is 5. The molecule has 0 bridgehead atoms. The molecule has 0 aromatic heterocycles. The van der Waals surface area contributed by atoms with Gasteiger partial charge in [0.25, 0.3) is 0 Å². The highest BCUT2D eigenvalue weighted by molar-refractivity contribution is 7.91. The molecule has 0 aliphatic carbocycles. The van der Waals surface area contributed by atoms with Crippen LogP contribution in [0.1, 0.15) is 18.9 Å². The van der Waals surface area contributed by atoms with Crippen LogP contribution in [0, 0.1) is 11.8 Å². The molecule has 0 heterocycles. The van der Waals surface area contributed by atoms with Gasteiger partial charge in [-0.15, -0.1) is 0 Å². The van der Waals surface area contributed by atoms with Crippen molar-refractivity contribution in [1.29, 1.82) is 0 Å². The van der Waals surface area contributed by atoms with Crippen molar-refractivity contribution < 1.29 is 23.0 Å². The molecule has 1 aromatic carbocycles. The quantitative estimate of drug-likeness (QED) is 0.606. The van der Waals surface area contributed by atoms with Crippen LogP contribution in [0.15, 0.2) is 18.2 Å². The summed E-state index contributed by atoms with van der Waals surface area (Å²) in [7, 11) is -1.42. The molecule has 0 unspecified atom stereocenters. The maximum atomic E-state index is 11.4. The molecule has 0 spiro atoms. The highest BCUT2D eigenvalue weighted by Gasteiger charge is 2.08. The van der Waals surface area contributed by atoms with Gasteiger partial charge in [-0.25, -0.2) is 8.42 Å². The largest absolute Gasteiger partial charge is 0.497 e. The Morgan fingerprint density at radius 1 is 1.33 bits per heavy atom. The van der Waals surface area contributed by atoms with Gasteiger partial charge in [0.1, 0.15) is 27.9 Å². The summed E-state index contributed by atoms with van der Waals surface area (Å²) < 4.78 is 33.4. The van der Waals surface area contributed by atoms with Gasteiger partial charge in [-0.1, -0.05) is 18.8 Å². The van der Waals surface area contributed by atoms with Crippen LogP contribution in [0.2, 0.25) is 0 Å². The number of sulfone groups is 1. The van der Waals surface area contributed by atoms with Crippen LogP contribution >= 0.6 is 0 Å². The van der Waals surface area contributed by atoms with E-state index in [1.54, 1.807) is 32.2 Å². The first kappa shape index (κ1) is 17.3. The van der Waals surface area contributed by atoms with E-state index in [2.05, 4.69) is 11.8 Å². The van der Waals surface area contributed by atoms with Gasteiger partial charge < -0.3 is 14.6 Å². The average Bonchev–Trinajstić information content (AvgIpc) is 2.50. The Morgan fingerprint density at radius 2 is 2.10 bits per heavy atom. The summed E-state index contributed by atoms with van der Waals surface area (Å²) in [6.45, 7) is 1.67. The van der Waals surface area contributed by atoms with E-state index in [4.69, 9.17) is 14.6 Å². The van der Waals surface area contributed by atoms with E-state index in [0.717, 1.165) is 0 Å². The molecule has 1 N–H and O–H groups in total. The van der Waals surface area contributed by atoms with Crippen LogP contribution < -0.4 is 9.47 Å². The lowest BCUT2D eigenvalue weighted by Crippen LogP contribution is -2.12. The second kappa shape index (κ2) is 8.55. The molecule has 0 aliphatic rings. The summed E-state index contributed by atoms with van der Waals surface area (Å²) in [4.78, 5) is 0. The van der Waals surface area contributed by atoms with Gasteiger partial charge in [0.15, 0.2) is 0 Å². The first-order valence-corrected chi connectivity index (χ1v) is 8.45. The molecule has 0 amide bonds. The van der Waals surface area contributed by atoms with E-state index in [9.17, 15) is 8.42 Å². The molecule has 0 radical (unpaired) electrons. The second-order valence-electron chi connectivity index (χ2n) is 4.26. The molecular weight excluding hydrogens is 292 g/mol. The maximum Gasteiger partial charge on any atom is 0.150 e. The van der Waals surface area contributed by atoms with Crippen molar-refractivity contribution in [1.82, 2.24) is 0 Å². The van der Waals surface area contributed by atoms with Gasteiger partial charge in [-0.2, -0.15) is 0 Å². The predicted octanol–water partition coefficient (Wildman–Crippen LogP) is 1.24. The van der Waals surface area contributed by atoms with E-state index in [-0.39, 0.29) is 18.1 Å². The Morgan fingerprint density at radius 3 is 2.71 bits per heavy atom. The number of aliphatic hydroxyl groups excluding tert-OH is 1. The average molecular weight is 312 g/mol. The van der Waals surface area contributed by atoms with Gasteiger partial charge in [0, 0.05) is 5.75 Å². The van der Waals surface area contributed by atoms with Crippen LogP contribution in [0.4, 0.5) is 0 Å². The molecule has 1 rings (SSSR count). The normalized spacial score (nSPS) is 10.6. The smallest absolute Gasteiger partial charge is 0.150 e. The minimum atomic E-state index is -2.97.